The number of halogens is 2. The summed E-state index contributed by atoms with van der Waals surface area (Å²) in [7, 11) is 1.84. The summed E-state index contributed by atoms with van der Waals surface area (Å²) >= 11 is 13.5. The van der Waals surface area contributed by atoms with Crippen molar-refractivity contribution in [3.63, 3.8) is 0 Å². The van der Waals surface area contributed by atoms with E-state index in [1.807, 2.05) is 30.0 Å². The molecule has 124 valence electrons. The van der Waals surface area contributed by atoms with Crippen molar-refractivity contribution in [1.29, 1.82) is 0 Å². The molecule has 0 bridgehead atoms. The van der Waals surface area contributed by atoms with Crippen LogP contribution in [0.15, 0.2) is 46.5 Å². The van der Waals surface area contributed by atoms with Crippen LogP contribution < -0.4 is 5.56 Å². The predicted octanol–water partition coefficient (Wildman–Crippen LogP) is 3.72. The van der Waals surface area contributed by atoms with Gasteiger partial charge >= 0.3 is 0 Å². The van der Waals surface area contributed by atoms with E-state index < -0.39 is 0 Å². The summed E-state index contributed by atoms with van der Waals surface area (Å²) < 4.78 is 3.42. The minimum Gasteiger partial charge on any atom is -0.310 e. The number of pyridine rings is 1. The highest BCUT2D eigenvalue weighted by Crippen LogP contribution is 2.23. The Labute approximate surface area is 153 Å². The second-order valence-corrected chi connectivity index (χ2v) is 6.76. The van der Waals surface area contributed by atoms with Crippen LogP contribution in [0.1, 0.15) is 5.56 Å². The Morgan fingerprint density at radius 3 is 2.62 bits per heavy atom. The van der Waals surface area contributed by atoms with Crippen molar-refractivity contribution < 1.29 is 0 Å². The molecule has 24 heavy (non-hydrogen) atoms. The summed E-state index contributed by atoms with van der Waals surface area (Å²) in [6.07, 6.45) is 3.65. The number of benzene rings is 1. The molecule has 0 saturated carbocycles. The summed E-state index contributed by atoms with van der Waals surface area (Å²) in [6, 6.07) is 8.91. The Bertz CT molecular complexity index is 951. The van der Waals surface area contributed by atoms with Crippen LogP contribution in [0, 0.1) is 0 Å². The smallest absolute Gasteiger partial charge is 0.261 e. The van der Waals surface area contributed by atoms with Gasteiger partial charge in [0.1, 0.15) is 0 Å². The van der Waals surface area contributed by atoms with Gasteiger partial charge in [0.05, 0.1) is 22.2 Å². The molecule has 2 aromatic heterocycles. The van der Waals surface area contributed by atoms with E-state index in [0.717, 1.165) is 10.7 Å². The van der Waals surface area contributed by atoms with Crippen LogP contribution >= 0.6 is 35.0 Å². The second-order valence-electron chi connectivity index (χ2n) is 5.17. The fraction of sp³-hybridized carbons (Fsp3) is 0.188. The van der Waals surface area contributed by atoms with Crippen LogP contribution in [0.4, 0.5) is 0 Å². The average Bonchev–Trinajstić information content (AvgIpc) is 2.93. The van der Waals surface area contributed by atoms with Crippen LogP contribution in [-0.4, -0.2) is 25.6 Å². The molecule has 3 rings (SSSR count). The molecule has 8 heteroatoms. The lowest BCUT2D eigenvalue weighted by atomic mass is 10.2. The van der Waals surface area contributed by atoms with Gasteiger partial charge in [0.25, 0.3) is 5.56 Å². The number of nitrogens with zero attached hydrogens (tertiary/aromatic N) is 4. The molecule has 0 saturated heterocycles. The fourth-order valence-corrected chi connectivity index (χ4v) is 3.20. The number of thioether (sulfide) groups is 1. The van der Waals surface area contributed by atoms with E-state index in [-0.39, 0.29) is 5.56 Å². The monoisotopic (exact) mass is 380 g/mol. The molecular formula is C16H14Cl2N4OS. The maximum Gasteiger partial charge on any atom is 0.261 e. The van der Waals surface area contributed by atoms with E-state index in [4.69, 9.17) is 23.2 Å². The van der Waals surface area contributed by atoms with Gasteiger partial charge in [-0.3, -0.25) is 4.79 Å². The Morgan fingerprint density at radius 2 is 1.96 bits per heavy atom. The van der Waals surface area contributed by atoms with Gasteiger partial charge in [0.2, 0.25) is 0 Å². The molecule has 0 atom stereocenters. The molecule has 0 N–H and O–H groups in total. The van der Waals surface area contributed by atoms with Crippen LogP contribution in [-0.2, 0) is 13.6 Å². The minimum atomic E-state index is -0.133. The number of rotatable bonds is 4. The lowest BCUT2D eigenvalue weighted by molar-refractivity contribution is 0.754. The first-order valence-electron chi connectivity index (χ1n) is 7.08. The van der Waals surface area contributed by atoms with E-state index in [9.17, 15) is 4.79 Å². The van der Waals surface area contributed by atoms with Crippen LogP contribution in [0.5, 0.6) is 0 Å². The third-order valence-corrected chi connectivity index (χ3v) is 5.08. The van der Waals surface area contributed by atoms with Crippen LogP contribution in [0.3, 0.4) is 0 Å². The molecular weight excluding hydrogens is 367 g/mol. The van der Waals surface area contributed by atoms with Gasteiger partial charge in [-0.25, -0.2) is 0 Å². The molecule has 0 aliphatic carbocycles. The maximum absolute atomic E-state index is 12.8. The number of aromatic nitrogens is 4. The van der Waals surface area contributed by atoms with Crippen molar-refractivity contribution in [3.8, 4) is 11.4 Å². The van der Waals surface area contributed by atoms with E-state index in [1.54, 1.807) is 29.0 Å². The zero-order chi connectivity index (χ0) is 17.3. The molecule has 1 aromatic carbocycles. The normalized spacial score (nSPS) is 11.0. The number of hydrogen-bond donors (Lipinski definition) is 0. The zero-order valence-corrected chi connectivity index (χ0v) is 15.4. The van der Waals surface area contributed by atoms with Gasteiger partial charge in [-0.05, 0) is 36.1 Å². The van der Waals surface area contributed by atoms with Gasteiger partial charge in [-0.2, -0.15) is 0 Å². The largest absolute Gasteiger partial charge is 0.310 e. The summed E-state index contributed by atoms with van der Waals surface area (Å²) in [6.45, 7) is 0.400. The summed E-state index contributed by atoms with van der Waals surface area (Å²) in [5, 5.41) is 9.93. The van der Waals surface area contributed by atoms with Crippen molar-refractivity contribution in [2.75, 3.05) is 6.26 Å². The lowest BCUT2D eigenvalue weighted by Gasteiger charge is -2.09. The molecule has 0 spiro atoms. The second kappa shape index (κ2) is 7.01. The van der Waals surface area contributed by atoms with Gasteiger partial charge in [0.15, 0.2) is 11.0 Å². The van der Waals surface area contributed by atoms with E-state index in [0.29, 0.717) is 28.0 Å². The Morgan fingerprint density at radius 1 is 1.17 bits per heavy atom. The standard InChI is InChI=1S/C16H14Cl2N4OS/c1-21-14(19-20-16(21)24-2)11-4-3-7-22(15(11)23)9-10-5-6-12(17)13(18)8-10/h3-8H,9H2,1-2H3. The van der Waals surface area contributed by atoms with E-state index in [2.05, 4.69) is 10.2 Å². The number of hydrogen-bond acceptors (Lipinski definition) is 4. The molecule has 2 heterocycles. The van der Waals surface area contributed by atoms with Gasteiger partial charge in [-0.1, -0.05) is 41.0 Å². The highest BCUT2D eigenvalue weighted by atomic mass is 35.5. The summed E-state index contributed by atoms with van der Waals surface area (Å²) in [4.78, 5) is 12.8. The fourth-order valence-electron chi connectivity index (χ4n) is 2.39. The Hall–Kier alpha value is -1.76. The van der Waals surface area contributed by atoms with Gasteiger partial charge in [0, 0.05) is 13.2 Å². The Balaban J connectivity index is 2.00. The minimum absolute atomic E-state index is 0.133. The van der Waals surface area contributed by atoms with Crippen molar-refractivity contribution >= 4 is 35.0 Å². The van der Waals surface area contributed by atoms with Crippen molar-refractivity contribution in [2.24, 2.45) is 7.05 Å². The molecule has 0 aliphatic rings. The quantitative estimate of drug-likeness (QED) is 0.647. The van der Waals surface area contributed by atoms with E-state index >= 15 is 0 Å². The van der Waals surface area contributed by atoms with Crippen LogP contribution in [0.25, 0.3) is 11.4 Å². The first kappa shape index (κ1) is 17.1. The SMILES string of the molecule is CSc1nnc(-c2cccn(Cc3ccc(Cl)c(Cl)c3)c2=O)n1C. The molecule has 0 radical (unpaired) electrons. The zero-order valence-electron chi connectivity index (χ0n) is 13.0. The van der Waals surface area contributed by atoms with Gasteiger partial charge in [-0.15, -0.1) is 10.2 Å². The molecule has 0 fully saturated rings. The summed E-state index contributed by atoms with van der Waals surface area (Å²) in [5.74, 6) is 0.549. The molecule has 5 nitrogen and oxygen atoms in total. The highest BCUT2D eigenvalue weighted by molar-refractivity contribution is 7.98. The third-order valence-electron chi connectivity index (χ3n) is 3.62. The van der Waals surface area contributed by atoms with Crippen molar-refractivity contribution in [3.05, 3.63) is 62.5 Å². The molecule has 0 amide bonds. The molecule has 0 unspecified atom stereocenters. The first-order chi connectivity index (χ1) is 11.5. The predicted molar refractivity (Wildman–Crippen MR) is 98.0 cm³/mol. The first-order valence-corrected chi connectivity index (χ1v) is 9.06. The van der Waals surface area contributed by atoms with Crippen molar-refractivity contribution in [2.45, 2.75) is 11.7 Å². The summed E-state index contributed by atoms with van der Waals surface area (Å²) in [5.41, 5.74) is 1.27. The molecule has 3 aromatic rings. The van der Waals surface area contributed by atoms with Crippen LogP contribution in [0.2, 0.25) is 10.0 Å². The topological polar surface area (TPSA) is 52.7 Å². The highest BCUT2D eigenvalue weighted by Gasteiger charge is 2.14. The average molecular weight is 381 g/mol. The third kappa shape index (κ3) is 3.22. The molecule has 0 aliphatic heterocycles. The van der Waals surface area contributed by atoms with Crippen molar-refractivity contribution in [1.82, 2.24) is 19.3 Å². The van der Waals surface area contributed by atoms with Gasteiger partial charge < -0.3 is 9.13 Å². The maximum atomic E-state index is 12.8. The van der Waals surface area contributed by atoms with E-state index in [1.165, 1.54) is 11.8 Å². The lowest BCUT2D eigenvalue weighted by Crippen LogP contribution is -2.22. The Kier molecular flexibility index (Phi) is 4.99.